The van der Waals surface area contributed by atoms with E-state index >= 15 is 0 Å². The van der Waals surface area contributed by atoms with E-state index in [0.717, 1.165) is 0 Å². The molecule has 0 spiro atoms. The number of piperazine rings is 1. The quantitative estimate of drug-likeness (QED) is 0.775. The second-order valence-corrected chi connectivity index (χ2v) is 6.56. The molecule has 0 bridgehead atoms. The molecule has 0 saturated carbocycles. The molecule has 1 aromatic rings. The molecule has 1 heterocycles. The Morgan fingerprint density at radius 3 is 2.43 bits per heavy atom. The van der Waals surface area contributed by atoms with E-state index in [1.165, 1.54) is 28.6 Å². The first-order chi connectivity index (χ1) is 10.00. The van der Waals surface area contributed by atoms with Crippen LogP contribution in [0.2, 0.25) is 0 Å². The zero-order valence-corrected chi connectivity index (χ0v) is 12.3. The van der Waals surface area contributed by atoms with Crippen LogP contribution in [0.3, 0.4) is 0 Å². The van der Waals surface area contributed by atoms with Crippen LogP contribution in [-0.4, -0.2) is 56.6 Å². The van der Waals surface area contributed by atoms with Crippen molar-refractivity contribution in [3.05, 3.63) is 24.3 Å². The summed E-state index contributed by atoms with van der Waals surface area (Å²) in [4.78, 5) is 10.6. The fraction of sp³-hybridized carbons (Fsp3) is 0.462. The van der Waals surface area contributed by atoms with Crippen molar-refractivity contribution in [2.75, 3.05) is 32.8 Å². The number of rotatable bonds is 6. The van der Waals surface area contributed by atoms with Crippen LogP contribution in [0.1, 0.15) is 6.42 Å². The minimum Gasteiger partial charge on any atom is -0.493 e. The number of nitrogens with zero attached hydrogens (tertiary/aromatic N) is 1. The van der Waals surface area contributed by atoms with Gasteiger partial charge in [-0.1, -0.05) is 0 Å². The van der Waals surface area contributed by atoms with Crippen LogP contribution in [0.5, 0.6) is 5.75 Å². The van der Waals surface area contributed by atoms with Gasteiger partial charge in [0.05, 0.1) is 17.9 Å². The first-order valence-corrected chi connectivity index (χ1v) is 8.10. The lowest BCUT2D eigenvalue weighted by Gasteiger charge is -2.26. The molecule has 1 aliphatic heterocycles. The molecule has 0 aliphatic carbocycles. The molecule has 21 heavy (non-hydrogen) atoms. The maximum absolute atomic E-state index is 12.4. The zero-order valence-electron chi connectivity index (χ0n) is 11.5. The summed E-state index contributed by atoms with van der Waals surface area (Å²) in [6.45, 7) is 2.27. The average Bonchev–Trinajstić information content (AvgIpc) is 2.48. The van der Waals surface area contributed by atoms with E-state index in [-0.39, 0.29) is 17.9 Å². The highest BCUT2D eigenvalue weighted by molar-refractivity contribution is 7.89. The van der Waals surface area contributed by atoms with Crippen LogP contribution in [-0.2, 0) is 14.8 Å². The molecule has 0 radical (unpaired) electrons. The number of carbonyl (C=O) groups is 1. The molecule has 2 rings (SSSR count). The summed E-state index contributed by atoms with van der Waals surface area (Å²) >= 11 is 0. The molecular formula is C13H18N2O5S. The fourth-order valence-electron chi connectivity index (χ4n) is 2.00. The highest BCUT2D eigenvalue weighted by Crippen LogP contribution is 2.20. The van der Waals surface area contributed by atoms with Gasteiger partial charge in [0.25, 0.3) is 0 Å². The topological polar surface area (TPSA) is 95.9 Å². The Hall–Kier alpha value is -1.64. The maximum atomic E-state index is 12.4. The SMILES string of the molecule is O=C(O)CCOc1ccc(S(=O)(=O)N2CCNCC2)cc1. The molecule has 0 amide bonds. The second kappa shape index (κ2) is 6.88. The molecule has 0 aromatic heterocycles. The van der Waals surface area contributed by atoms with Crippen molar-refractivity contribution >= 4 is 16.0 Å². The predicted octanol–water partition coefficient (Wildman–Crippen LogP) is 0.134. The molecule has 1 aromatic carbocycles. The van der Waals surface area contributed by atoms with Crippen molar-refractivity contribution in [3.8, 4) is 5.75 Å². The predicted molar refractivity (Wildman–Crippen MR) is 75.8 cm³/mol. The van der Waals surface area contributed by atoms with Gasteiger partial charge in [-0.2, -0.15) is 4.31 Å². The van der Waals surface area contributed by atoms with Crippen molar-refractivity contribution in [1.29, 1.82) is 0 Å². The van der Waals surface area contributed by atoms with E-state index in [9.17, 15) is 13.2 Å². The van der Waals surface area contributed by atoms with E-state index in [4.69, 9.17) is 9.84 Å². The number of ether oxygens (including phenoxy) is 1. The van der Waals surface area contributed by atoms with E-state index in [1.807, 2.05) is 0 Å². The summed E-state index contributed by atoms with van der Waals surface area (Å²) in [6.07, 6.45) is -0.0964. The first kappa shape index (κ1) is 15.7. The zero-order chi connectivity index (χ0) is 15.3. The summed E-state index contributed by atoms with van der Waals surface area (Å²) in [6, 6.07) is 6.04. The number of sulfonamides is 1. The molecule has 0 unspecified atom stereocenters. The maximum Gasteiger partial charge on any atom is 0.306 e. The van der Waals surface area contributed by atoms with Crippen LogP contribution in [0.4, 0.5) is 0 Å². The van der Waals surface area contributed by atoms with Gasteiger partial charge < -0.3 is 15.2 Å². The van der Waals surface area contributed by atoms with E-state index < -0.39 is 16.0 Å². The lowest BCUT2D eigenvalue weighted by Crippen LogP contribution is -2.46. The largest absolute Gasteiger partial charge is 0.493 e. The van der Waals surface area contributed by atoms with E-state index in [0.29, 0.717) is 31.9 Å². The molecule has 1 saturated heterocycles. The minimum absolute atomic E-state index is 0.0548. The van der Waals surface area contributed by atoms with Crippen molar-refractivity contribution < 1.29 is 23.1 Å². The van der Waals surface area contributed by atoms with Gasteiger partial charge in [-0.25, -0.2) is 8.42 Å². The van der Waals surface area contributed by atoms with Gasteiger partial charge in [-0.3, -0.25) is 4.79 Å². The third-order valence-electron chi connectivity index (χ3n) is 3.12. The third-order valence-corrected chi connectivity index (χ3v) is 5.03. The molecule has 1 aliphatic rings. The fourth-order valence-corrected chi connectivity index (χ4v) is 3.44. The molecule has 0 atom stereocenters. The molecule has 7 nitrogen and oxygen atoms in total. The second-order valence-electron chi connectivity index (χ2n) is 4.62. The van der Waals surface area contributed by atoms with Crippen LogP contribution in [0.15, 0.2) is 29.2 Å². The Labute approximate surface area is 123 Å². The van der Waals surface area contributed by atoms with Gasteiger partial charge in [-0.05, 0) is 24.3 Å². The number of nitrogens with one attached hydrogen (secondary N) is 1. The number of benzene rings is 1. The van der Waals surface area contributed by atoms with Gasteiger partial charge in [0, 0.05) is 26.2 Å². The van der Waals surface area contributed by atoms with Gasteiger partial charge in [0.1, 0.15) is 5.75 Å². The Bertz CT molecular complexity index is 579. The van der Waals surface area contributed by atoms with Crippen molar-refractivity contribution in [2.24, 2.45) is 0 Å². The van der Waals surface area contributed by atoms with Crippen LogP contribution in [0, 0.1) is 0 Å². The molecule has 2 N–H and O–H groups in total. The highest BCUT2D eigenvalue weighted by Gasteiger charge is 2.25. The van der Waals surface area contributed by atoms with Crippen LogP contribution in [0.25, 0.3) is 0 Å². The van der Waals surface area contributed by atoms with Gasteiger partial charge >= 0.3 is 5.97 Å². The van der Waals surface area contributed by atoms with Crippen molar-refractivity contribution in [2.45, 2.75) is 11.3 Å². The smallest absolute Gasteiger partial charge is 0.306 e. The van der Waals surface area contributed by atoms with Gasteiger partial charge in [0.2, 0.25) is 10.0 Å². The summed E-state index contributed by atoms with van der Waals surface area (Å²) in [5, 5.41) is 11.6. The minimum atomic E-state index is -3.47. The molecule has 8 heteroatoms. The lowest BCUT2D eigenvalue weighted by molar-refractivity contribution is -0.137. The van der Waals surface area contributed by atoms with Gasteiger partial charge in [0.15, 0.2) is 0 Å². The van der Waals surface area contributed by atoms with E-state index in [1.54, 1.807) is 0 Å². The Morgan fingerprint density at radius 1 is 1.24 bits per heavy atom. The number of carboxylic acids is 1. The molecular weight excluding hydrogens is 296 g/mol. The summed E-state index contributed by atoms with van der Waals surface area (Å²) in [5.41, 5.74) is 0. The molecule has 116 valence electrons. The third kappa shape index (κ3) is 4.16. The number of aliphatic carboxylic acids is 1. The average molecular weight is 314 g/mol. The standard InChI is InChI=1S/C13H18N2O5S/c16-13(17)5-10-20-11-1-3-12(4-2-11)21(18,19)15-8-6-14-7-9-15/h1-4,14H,5-10H2,(H,16,17). The van der Waals surface area contributed by atoms with Crippen LogP contribution < -0.4 is 10.1 Å². The van der Waals surface area contributed by atoms with E-state index in [2.05, 4.69) is 5.32 Å². The monoisotopic (exact) mass is 314 g/mol. The van der Waals surface area contributed by atoms with Crippen molar-refractivity contribution in [1.82, 2.24) is 9.62 Å². The molecule has 1 fully saturated rings. The normalized spacial score (nSPS) is 16.6. The van der Waals surface area contributed by atoms with Gasteiger partial charge in [-0.15, -0.1) is 0 Å². The Balaban J connectivity index is 2.02. The number of hydrogen-bond acceptors (Lipinski definition) is 5. The van der Waals surface area contributed by atoms with Crippen molar-refractivity contribution in [3.63, 3.8) is 0 Å². The Kier molecular flexibility index (Phi) is 5.16. The number of carboxylic acid groups (broad SMARTS) is 1. The lowest BCUT2D eigenvalue weighted by atomic mass is 10.3. The Morgan fingerprint density at radius 2 is 1.86 bits per heavy atom. The van der Waals surface area contributed by atoms with Crippen LogP contribution >= 0.6 is 0 Å². The highest BCUT2D eigenvalue weighted by atomic mass is 32.2. The summed E-state index contributed by atoms with van der Waals surface area (Å²) in [5.74, 6) is -0.483. The summed E-state index contributed by atoms with van der Waals surface area (Å²) < 4.78 is 31.4. The first-order valence-electron chi connectivity index (χ1n) is 6.66. The number of hydrogen-bond donors (Lipinski definition) is 2. The summed E-state index contributed by atoms with van der Waals surface area (Å²) in [7, 11) is -3.47.